The number of hydrogen-bond acceptors (Lipinski definition) is 2. The zero-order chi connectivity index (χ0) is 26.7. The van der Waals surface area contributed by atoms with Crippen molar-refractivity contribution in [2.24, 2.45) is 0 Å². The van der Waals surface area contributed by atoms with Crippen LogP contribution in [0.25, 0.3) is 66.8 Å². The van der Waals surface area contributed by atoms with Crippen LogP contribution in [0.5, 0.6) is 0 Å². The Labute approximate surface area is 228 Å². The second kappa shape index (κ2) is 8.99. The molecule has 188 valence electrons. The van der Waals surface area contributed by atoms with E-state index in [9.17, 15) is 0 Å². The molecule has 5 heteroatoms. The summed E-state index contributed by atoms with van der Waals surface area (Å²) in [6.45, 7) is 8.45. The highest BCUT2D eigenvalue weighted by atomic mass is 14.9. The second-order valence-corrected chi connectivity index (χ2v) is 10.3. The van der Waals surface area contributed by atoms with Gasteiger partial charge in [0.25, 0.3) is 7.41 Å². The first-order valence-electron chi connectivity index (χ1n) is 13.5. The summed E-state index contributed by atoms with van der Waals surface area (Å²) in [6.07, 6.45) is 10.5. The molecule has 7 aromatic rings. The summed E-state index contributed by atoms with van der Waals surface area (Å²) in [5, 5.41) is 5.08. The third-order valence-corrected chi connectivity index (χ3v) is 8.04. The summed E-state index contributed by atoms with van der Waals surface area (Å²) in [5.74, 6) is 0. The van der Waals surface area contributed by atoms with Gasteiger partial charge in [-0.05, 0) is 68.7 Å². The SMILES string of the molecule is C/C=C\c1c(C)c(/C=C\C)c2nc(Bn3c4ccccc4c4c5c(ccc43)[nH]c3ccccc35)cnc2c1C. The van der Waals surface area contributed by atoms with Crippen LogP contribution < -0.4 is 5.59 Å². The van der Waals surface area contributed by atoms with Crippen LogP contribution in [0.15, 0.2) is 79.0 Å². The molecule has 0 unspecified atom stereocenters. The standard InChI is InChI=1S/C34H29BN4/c1-5-11-22-20(3)23(12-6-2)34-33(21(22)4)36-19-30(38-34)35-39-28-16-10-8-14-25(28)32-29(39)18-17-27-31(32)24-13-7-9-15-26(24)37-27/h5-19,35,37H,1-4H3/b11-5-,12-6-. The van der Waals surface area contributed by atoms with Gasteiger partial charge in [-0.2, -0.15) is 0 Å². The van der Waals surface area contributed by atoms with Gasteiger partial charge >= 0.3 is 0 Å². The number of aromatic amines is 1. The number of fused-ring (bicyclic) bond motifs is 8. The number of nitrogens with zero attached hydrogens (tertiary/aromatic N) is 3. The summed E-state index contributed by atoms with van der Waals surface area (Å²) < 4.78 is 2.39. The average molecular weight is 504 g/mol. The topological polar surface area (TPSA) is 46.5 Å². The Bertz CT molecular complexity index is 2140. The van der Waals surface area contributed by atoms with E-state index in [4.69, 9.17) is 9.97 Å². The molecule has 0 aliphatic rings. The molecule has 4 nitrogen and oxygen atoms in total. The third kappa shape index (κ3) is 3.46. The molecule has 7 rings (SSSR count). The number of allylic oxidation sites excluding steroid dienone is 2. The Kier molecular flexibility index (Phi) is 5.41. The molecular weight excluding hydrogens is 475 g/mol. The first-order valence-corrected chi connectivity index (χ1v) is 13.5. The van der Waals surface area contributed by atoms with Gasteiger partial charge in [-0.15, -0.1) is 0 Å². The summed E-state index contributed by atoms with van der Waals surface area (Å²) in [7, 11) is 0.644. The predicted molar refractivity (Wildman–Crippen MR) is 169 cm³/mol. The maximum absolute atomic E-state index is 5.24. The smallest absolute Gasteiger partial charge is 0.298 e. The highest BCUT2D eigenvalue weighted by Gasteiger charge is 2.19. The lowest BCUT2D eigenvalue weighted by atomic mass is 9.87. The monoisotopic (exact) mass is 504 g/mol. The number of para-hydroxylation sites is 2. The molecule has 0 saturated carbocycles. The van der Waals surface area contributed by atoms with Gasteiger partial charge in [0.15, 0.2) is 0 Å². The van der Waals surface area contributed by atoms with E-state index in [-0.39, 0.29) is 0 Å². The molecule has 0 atom stereocenters. The molecule has 1 N–H and O–H groups in total. The number of benzene rings is 4. The van der Waals surface area contributed by atoms with Crippen molar-refractivity contribution in [3.8, 4) is 0 Å². The quantitative estimate of drug-likeness (QED) is 0.251. The molecule has 0 aliphatic carbocycles. The summed E-state index contributed by atoms with van der Waals surface area (Å²) in [6, 6.07) is 21.7. The average Bonchev–Trinajstić information content (AvgIpc) is 3.49. The summed E-state index contributed by atoms with van der Waals surface area (Å²) in [4.78, 5) is 13.8. The molecule has 3 heterocycles. The normalized spacial score (nSPS) is 12.4. The Hall–Kier alpha value is -4.64. The minimum Gasteiger partial charge on any atom is -0.382 e. The molecule has 0 amide bonds. The van der Waals surface area contributed by atoms with E-state index in [1.165, 1.54) is 49.3 Å². The van der Waals surface area contributed by atoms with E-state index >= 15 is 0 Å². The van der Waals surface area contributed by atoms with Crippen molar-refractivity contribution in [3.63, 3.8) is 0 Å². The number of aryl methyl sites for hydroxylation is 1. The van der Waals surface area contributed by atoms with Gasteiger partial charge in [-0.1, -0.05) is 60.7 Å². The Morgan fingerprint density at radius 1 is 0.718 bits per heavy atom. The van der Waals surface area contributed by atoms with Crippen molar-refractivity contribution in [2.75, 3.05) is 0 Å². The molecule has 0 saturated heterocycles. The lowest BCUT2D eigenvalue weighted by Crippen LogP contribution is -2.26. The van der Waals surface area contributed by atoms with Crippen LogP contribution in [0.3, 0.4) is 0 Å². The predicted octanol–water partition coefficient (Wildman–Crippen LogP) is 7.58. The molecule has 39 heavy (non-hydrogen) atoms. The minimum absolute atomic E-state index is 0.644. The molecule has 0 bridgehead atoms. The first kappa shape index (κ1) is 23.5. The van der Waals surface area contributed by atoms with Crippen molar-refractivity contribution in [2.45, 2.75) is 27.7 Å². The van der Waals surface area contributed by atoms with Crippen molar-refractivity contribution < 1.29 is 0 Å². The molecule has 0 aliphatic heterocycles. The summed E-state index contributed by atoms with van der Waals surface area (Å²) >= 11 is 0. The lowest BCUT2D eigenvalue weighted by Gasteiger charge is -2.15. The zero-order valence-corrected chi connectivity index (χ0v) is 22.7. The second-order valence-electron chi connectivity index (χ2n) is 10.3. The van der Waals surface area contributed by atoms with E-state index in [2.05, 4.69) is 122 Å². The Morgan fingerprint density at radius 3 is 2.28 bits per heavy atom. The maximum atomic E-state index is 5.24. The van der Waals surface area contributed by atoms with Crippen LogP contribution in [0.1, 0.15) is 36.1 Å². The van der Waals surface area contributed by atoms with Gasteiger partial charge in [-0.25, -0.2) is 0 Å². The van der Waals surface area contributed by atoms with Gasteiger partial charge in [0.1, 0.15) is 0 Å². The van der Waals surface area contributed by atoms with E-state index < -0.39 is 0 Å². The van der Waals surface area contributed by atoms with Crippen LogP contribution in [-0.4, -0.2) is 26.8 Å². The molecule has 0 spiro atoms. The lowest BCUT2D eigenvalue weighted by molar-refractivity contribution is 1.26. The number of hydrogen-bond donors (Lipinski definition) is 1. The van der Waals surface area contributed by atoms with Gasteiger partial charge < -0.3 is 9.46 Å². The first-order chi connectivity index (χ1) is 19.1. The number of nitrogens with one attached hydrogen (secondary N) is 1. The highest BCUT2D eigenvalue weighted by Crippen LogP contribution is 2.38. The van der Waals surface area contributed by atoms with Gasteiger partial charge in [0.05, 0.1) is 11.0 Å². The van der Waals surface area contributed by atoms with Crippen molar-refractivity contribution in [1.29, 1.82) is 0 Å². The molecule has 4 aromatic carbocycles. The molecule has 3 aromatic heterocycles. The fourth-order valence-corrected chi connectivity index (χ4v) is 6.29. The van der Waals surface area contributed by atoms with Gasteiger partial charge in [0.2, 0.25) is 0 Å². The summed E-state index contributed by atoms with van der Waals surface area (Å²) in [5.41, 5.74) is 12.4. The van der Waals surface area contributed by atoms with Gasteiger partial charge in [-0.3, -0.25) is 9.97 Å². The Morgan fingerprint density at radius 2 is 1.46 bits per heavy atom. The van der Waals surface area contributed by atoms with Crippen molar-refractivity contribution in [1.82, 2.24) is 19.4 Å². The van der Waals surface area contributed by atoms with Crippen LogP contribution in [-0.2, 0) is 0 Å². The fraction of sp³-hybridized carbons (Fsp3) is 0.118. The van der Waals surface area contributed by atoms with Crippen LogP contribution in [0.2, 0.25) is 0 Å². The van der Waals surface area contributed by atoms with E-state index in [1.807, 2.05) is 6.20 Å². The number of rotatable bonds is 4. The molecular formula is C34H29BN4. The largest absolute Gasteiger partial charge is 0.382 e. The van der Waals surface area contributed by atoms with E-state index in [0.29, 0.717) is 7.41 Å². The highest BCUT2D eigenvalue weighted by molar-refractivity contribution is 6.54. The van der Waals surface area contributed by atoms with Crippen LogP contribution in [0, 0.1) is 13.8 Å². The third-order valence-electron chi connectivity index (χ3n) is 8.04. The maximum Gasteiger partial charge on any atom is 0.298 e. The molecule has 0 fully saturated rings. The fourth-order valence-electron chi connectivity index (χ4n) is 6.29. The van der Waals surface area contributed by atoms with E-state index in [1.54, 1.807) is 0 Å². The number of aromatic nitrogens is 4. The molecule has 0 radical (unpaired) electrons. The minimum atomic E-state index is 0.644. The van der Waals surface area contributed by atoms with Crippen LogP contribution in [0.4, 0.5) is 0 Å². The zero-order valence-electron chi connectivity index (χ0n) is 22.7. The van der Waals surface area contributed by atoms with E-state index in [0.717, 1.165) is 33.2 Å². The van der Waals surface area contributed by atoms with Crippen molar-refractivity contribution >= 4 is 79.8 Å². The van der Waals surface area contributed by atoms with Crippen molar-refractivity contribution in [3.05, 3.63) is 101 Å². The van der Waals surface area contributed by atoms with Crippen LogP contribution >= 0.6 is 0 Å². The number of H-pyrrole nitrogens is 1. The Balaban J connectivity index is 1.48. The van der Waals surface area contributed by atoms with Gasteiger partial charge in [0, 0.05) is 61.0 Å².